The third-order valence-corrected chi connectivity index (χ3v) is 6.51. The van der Waals surface area contributed by atoms with E-state index in [4.69, 9.17) is 0 Å². The van der Waals surface area contributed by atoms with Gasteiger partial charge in [0.25, 0.3) is 0 Å². The van der Waals surface area contributed by atoms with Crippen LogP contribution in [0.3, 0.4) is 0 Å². The van der Waals surface area contributed by atoms with E-state index in [2.05, 4.69) is 110 Å². The smallest absolute Gasteiger partial charge is 0.100 e. The van der Waals surface area contributed by atoms with Crippen LogP contribution in [-0.4, -0.2) is 12.0 Å². The van der Waals surface area contributed by atoms with Crippen LogP contribution in [0.25, 0.3) is 0 Å². The van der Waals surface area contributed by atoms with E-state index in [1.165, 1.54) is 22.3 Å². The van der Waals surface area contributed by atoms with Crippen molar-refractivity contribution in [2.45, 2.75) is 66.2 Å². The molecule has 0 atom stereocenters. The minimum absolute atomic E-state index is 0.440. The molecule has 0 bridgehead atoms. The summed E-state index contributed by atoms with van der Waals surface area (Å²) in [6.45, 7) is 12.9. The van der Waals surface area contributed by atoms with Gasteiger partial charge in [-0.1, -0.05) is 102 Å². The Labute approximate surface area is 240 Å². The van der Waals surface area contributed by atoms with Crippen molar-refractivity contribution in [1.29, 1.82) is 0 Å². The van der Waals surface area contributed by atoms with Gasteiger partial charge in [-0.2, -0.15) is 20.0 Å². The van der Waals surface area contributed by atoms with E-state index < -0.39 is 0 Å². The van der Waals surface area contributed by atoms with Gasteiger partial charge in [0.1, 0.15) is 12.0 Å². The zero-order chi connectivity index (χ0) is 28.7. The Morgan fingerprint density at radius 1 is 0.475 bits per heavy atom. The summed E-state index contributed by atoms with van der Waals surface area (Å²) < 4.78 is 0. The van der Waals surface area contributed by atoms with Crippen molar-refractivity contribution in [2.75, 3.05) is 0 Å². The SMILES string of the molecule is CC(C)c1ccccc1N=C=Nc1ccccc1C(C)C.CCc1ccc(N=C=Nc2ccc(CC)cc2)cc1. The van der Waals surface area contributed by atoms with E-state index in [1.54, 1.807) is 0 Å². The molecule has 0 amide bonds. The molecule has 0 aliphatic rings. The lowest BCUT2D eigenvalue weighted by Gasteiger charge is -2.07. The van der Waals surface area contributed by atoms with E-state index in [-0.39, 0.29) is 0 Å². The Hall–Kier alpha value is -4.36. The summed E-state index contributed by atoms with van der Waals surface area (Å²) in [5.74, 6) is 0.879. The highest BCUT2D eigenvalue weighted by molar-refractivity contribution is 5.62. The lowest BCUT2D eigenvalue weighted by molar-refractivity contribution is 0.866. The number of hydrogen-bond donors (Lipinski definition) is 0. The monoisotopic (exact) mass is 528 g/mol. The van der Waals surface area contributed by atoms with Crippen LogP contribution >= 0.6 is 0 Å². The molecule has 0 spiro atoms. The van der Waals surface area contributed by atoms with Crippen molar-refractivity contribution in [3.05, 3.63) is 119 Å². The second-order valence-electron chi connectivity index (χ2n) is 10.1. The third kappa shape index (κ3) is 9.43. The maximum atomic E-state index is 4.41. The van der Waals surface area contributed by atoms with Gasteiger partial charge in [0, 0.05) is 0 Å². The lowest BCUT2D eigenvalue weighted by atomic mass is 10.0. The van der Waals surface area contributed by atoms with E-state index in [1.807, 2.05) is 60.7 Å². The number of aryl methyl sites for hydroxylation is 2. The first-order chi connectivity index (χ1) is 19.4. The molecular formula is C36H40N4. The molecule has 0 saturated carbocycles. The zero-order valence-electron chi connectivity index (χ0n) is 24.6. The second kappa shape index (κ2) is 15.9. The molecule has 0 aromatic heterocycles. The van der Waals surface area contributed by atoms with Crippen LogP contribution in [0.15, 0.2) is 117 Å². The zero-order valence-corrected chi connectivity index (χ0v) is 24.6. The molecular weight excluding hydrogens is 488 g/mol. The Kier molecular flexibility index (Phi) is 12.0. The topological polar surface area (TPSA) is 49.4 Å². The van der Waals surface area contributed by atoms with E-state index in [0.717, 1.165) is 35.6 Å². The van der Waals surface area contributed by atoms with Crippen molar-refractivity contribution in [1.82, 2.24) is 0 Å². The van der Waals surface area contributed by atoms with E-state index in [9.17, 15) is 0 Å². The molecule has 40 heavy (non-hydrogen) atoms. The van der Waals surface area contributed by atoms with Crippen molar-refractivity contribution in [3.8, 4) is 0 Å². The molecule has 0 unspecified atom stereocenters. The van der Waals surface area contributed by atoms with Gasteiger partial charge < -0.3 is 0 Å². The number of rotatable bonds is 8. The summed E-state index contributed by atoms with van der Waals surface area (Å²) in [4.78, 5) is 17.2. The first-order valence-electron chi connectivity index (χ1n) is 14.1. The maximum absolute atomic E-state index is 4.41. The van der Waals surface area contributed by atoms with Crippen molar-refractivity contribution in [2.24, 2.45) is 20.0 Å². The Morgan fingerprint density at radius 3 is 1.18 bits per heavy atom. The quantitative estimate of drug-likeness (QED) is 0.204. The van der Waals surface area contributed by atoms with E-state index >= 15 is 0 Å². The fraction of sp³-hybridized carbons (Fsp3) is 0.278. The molecule has 4 heteroatoms. The summed E-state index contributed by atoms with van der Waals surface area (Å²) in [6.07, 6.45) is 2.09. The number of para-hydroxylation sites is 2. The molecule has 0 heterocycles. The van der Waals surface area contributed by atoms with Crippen molar-refractivity contribution in [3.63, 3.8) is 0 Å². The van der Waals surface area contributed by atoms with Crippen LogP contribution in [0.4, 0.5) is 22.7 Å². The van der Waals surface area contributed by atoms with Gasteiger partial charge in [-0.25, -0.2) is 0 Å². The number of benzene rings is 4. The predicted octanol–water partition coefficient (Wildman–Crippen LogP) is 11.0. The first kappa shape index (κ1) is 30.2. The average Bonchev–Trinajstić information content (AvgIpc) is 2.98. The fourth-order valence-electron chi connectivity index (χ4n) is 4.04. The van der Waals surface area contributed by atoms with Gasteiger partial charge in [-0.3, -0.25) is 0 Å². The molecule has 4 nitrogen and oxygen atoms in total. The molecule has 0 radical (unpaired) electrons. The minimum Gasteiger partial charge on any atom is -0.188 e. The van der Waals surface area contributed by atoms with Gasteiger partial charge in [-0.15, -0.1) is 0 Å². The van der Waals surface area contributed by atoms with Crippen LogP contribution < -0.4 is 0 Å². The molecule has 0 saturated heterocycles. The van der Waals surface area contributed by atoms with Crippen LogP contribution in [0.5, 0.6) is 0 Å². The summed E-state index contributed by atoms with van der Waals surface area (Å²) >= 11 is 0. The largest absolute Gasteiger partial charge is 0.188 e. The first-order valence-corrected chi connectivity index (χ1v) is 14.1. The highest BCUT2D eigenvalue weighted by Crippen LogP contribution is 2.27. The Bertz CT molecular complexity index is 1360. The van der Waals surface area contributed by atoms with Gasteiger partial charge >= 0.3 is 0 Å². The van der Waals surface area contributed by atoms with Crippen molar-refractivity contribution >= 4 is 34.8 Å². The standard InChI is InChI=1S/C19H22N2.C17H18N2/c1-14(2)16-9-5-7-11-18(16)20-13-21-19-12-8-6-10-17(19)15(3)4;1-3-14-5-9-16(10-6-14)18-13-19-17-11-7-15(4-2)8-12-17/h5-12,14-15H,1-4H3;5-12H,3-4H2,1-2H3. The minimum atomic E-state index is 0.440. The van der Waals surface area contributed by atoms with E-state index in [0.29, 0.717) is 11.8 Å². The Balaban J connectivity index is 0.000000222. The Morgan fingerprint density at radius 2 is 0.825 bits per heavy atom. The normalized spacial score (nSPS) is 10.2. The van der Waals surface area contributed by atoms with Crippen LogP contribution in [0.1, 0.15) is 75.6 Å². The lowest BCUT2D eigenvalue weighted by Crippen LogP contribution is -1.87. The van der Waals surface area contributed by atoms with Crippen LogP contribution in [0.2, 0.25) is 0 Å². The fourth-order valence-corrected chi connectivity index (χ4v) is 4.04. The molecule has 0 aliphatic heterocycles. The van der Waals surface area contributed by atoms with Crippen LogP contribution in [0, 0.1) is 0 Å². The van der Waals surface area contributed by atoms with Gasteiger partial charge in [-0.05, 0) is 83.3 Å². The third-order valence-electron chi connectivity index (χ3n) is 6.51. The van der Waals surface area contributed by atoms with Crippen molar-refractivity contribution < 1.29 is 0 Å². The maximum Gasteiger partial charge on any atom is 0.100 e. The van der Waals surface area contributed by atoms with Gasteiger partial charge in [0.05, 0.1) is 22.7 Å². The molecule has 0 N–H and O–H groups in total. The molecule has 0 fully saturated rings. The highest BCUT2D eigenvalue weighted by Gasteiger charge is 2.05. The van der Waals surface area contributed by atoms with Crippen LogP contribution in [-0.2, 0) is 12.8 Å². The highest BCUT2D eigenvalue weighted by atomic mass is 14.8. The summed E-state index contributed by atoms with van der Waals surface area (Å²) in [6, 6.07) is 38.2. The summed E-state index contributed by atoms with van der Waals surface area (Å²) in [5.41, 5.74) is 8.71. The number of hydrogen-bond acceptors (Lipinski definition) is 4. The predicted molar refractivity (Wildman–Crippen MR) is 171 cm³/mol. The summed E-state index contributed by atoms with van der Waals surface area (Å²) in [7, 11) is 0. The number of aliphatic imine (C=N–C) groups is 4. The molecule has 204 valence electrons. The average molecular weight is 529 g/mol. The molecule has 4 aromatic rings. The second-order valence-corrected chi connectivity index (χ2v) is 10.1. The molecule has 4 aromatic carbocycles. The van der Waals surface area contributed by atoms with Gasteiger partial charge in [0.2, 0.25) is 0 Å². The molecule has 4 rings (SSSR count). The molecule has 0 aliphatic carbocycles. The number of nitrogens with zero attached hydrogens (tertiary/aromatic N) is 4. The van der Waals surface area contributed by atoms with Gasteiger partial charge in [0.15, 0.2) is 0 Å². The summed E-state index contributed by atoms with van der Waals surface area (Å²) in [5, 5.41) is 0.